The zero-order chi connectivity index (χ0) is 17.8. The molecule has 0 radical (unpaired) electrons. The summed E-state index contributed by atoms with van der Waals surface area (Å²) in [5.74, 6) is 2.15. The molecule has 0 bridgehead atoms. The molecule has 0 aromatic heterocycles. The summed E-state index contributed by atoms with van der Waals surface area (Å²) in [6.07, 6.45) is 3.97. The second kappa shape index (κ2) is 8.41. The van der Waals surface area contributed by atoms with E-state index in [9.17, 15) is 0 Å². The van der Waals surface area contributed by atoms with Crippen LogP contribution in [0.2, 0.25) is 0 Å². The maximum absolute atomic E-state index is 2.72. The van der Waals surface area contributed by atoms with Gasteiger partial charge in [0.05, 0.1) is 4.08 Å². The number of nitrogens with zero attached hydrogens (tertiary/aromatic N) is 1. The van der Waals surface area contributed by atoms with E-state index in [2.05, 4.69) is 96.0 Å². The van der Waals surface area contributed by atoms with Crippen LogP contribution in [0.4, 0.5) is 0 Å². The van der Waals surface area contributed by atoms with Gasteiger partial charge in [-0.25, -0.2) is 0 Å². The topological polar surface area (TPSA) is 3.24 Å². The molecule has 2 atom stereocenters. The van der Waals surface area contributed by atoms with Crippen LogP contribution in [-0.2, 0) is 10.5 Å². The average molecular weight is 384 g/mol. The predicted molar refractivity (Wildman–Crippen MR) is 117 cm³/mol. The third kappa shape index (κ3) is 4.49. The number of hydrogen-bond acceptors (Lipinski definition) is 3. The van der Waals surface area contributed by atoms with Crippen LogP contribution in [0.1, 0.15) is 30.9 Å². The lowest BCUT2D eigenvalue weighted by Gasteiger charge is -2.33. The smallest absolute Gasteiger partial charge is 0.0836 e. The van der Waals surface area contributed by atoms with Crippen molar-refractivity contribution in [2.45, 2.75) is 35.5 Å². The molecular formula is C23H29NS2. The Bertz CT molecular complexity index is 682. The van der Waals surface area contributed by atoms with Crippen molar-refractivity contribution >= 4 is 23.5 Å². The first-order chi connectivity index (χ1) is 12.7. The summed E-state index contributed by atoms with van der Waals surface area (Å²) in [5, 5.41) is 0.760. The molecule has 0 amide bonds. The van der Waals surface area contributed by atoms with Gasteiger partial charge in [0.25, 0.3) is 0 Å². The van der Waals surface area contributed by atoms with Crippen molar-refractivity contribution < 1.29 is 0 Å². The average Bonchev–Trinajstić information content (AvgIpc) is 3.07. The van der Waals surface area contributed by atoms with E-state index < -0.39 is 0 Å². The lowest BCUT2D eigenvalue weighted by molar-refractivity contribution is 0.186. The Hall–Kier alpha value is -0.900. The molecule has 138 valence electrons. The van der Waals surface area contributed by atoms with Gasteiger partial charge in [-0.05, 0) is 56.3 Å². The van der Waals surface area contributed by atoms with Crippen LogP contribution in [-0.4, -0.2) is 35.5 Å². The molecule has 0 saturated carbocycles. The fourth-order valence-corrected chi connectivity index (χ4v) is 7.70. The van der Waals surface area contributed by atoms with E-state index in [1.54, 1.807) is 0 Å². The Balaban J connectivity index is 1.25. The van der Waals surface area contributed by atoms with Crippen molar-refractivity contribution in [2.24, 2.45) is 5.92 Å². The van der Waals surface area contributed by atoms with Gasteiger partial charge < -0.3 is 4.90 Å². The van der Waals surface area contributed by atoms with Crippen LogP contribution >= 0.6 is 23.5 Å². The molecule has 0 unspecified atom stereocenters. The molecule has 2 saturated heterocycles. The molecule has 0 spiro atoms. The van der Waals surface area contributed by atoms with Crippen molar-refractivity contribution in [3.63, 3.8) is 0 Å². The van der Waals surface area contributed by atoms with Gasteiger partial charge in [-0.1, -0.05) is 60.7 Å². The molecule has 1 nitrogen and oxygen atoms in total. The van der Waals surface area contributed by atoms with Gasteiger partial charge in [-0.15, -0.1) is 23.5 Å². The molecule has 0 aliphatic carbocycles. The molecule has 4 rings (SSSR count). The minimum Gasteiger partial charge on any atom is -0.302 e. The van der Waals surface area contributed by atoms with E-state index in [-0.39, 0.29) is 4.08 Å². The van der Waals surface area contributed by atoms with Crippen molar-refractivity contribution in [1.82, 2.24) is 4.90 Å². The summed E-state index contributed by atoms with van der Waals surface area (Å²) in [4.78, 5) is 2.72. The molecule has 3 heteroatoms. The van der Waals surface area contributed by atoms with E-state index in [0.29, 0.717) is 0 Å². The van der Waals surface area contributed by atoms with E-state index in [1.165, 1.54) is 55.8 Å². The van der Waals surface area contributed by atoms with E-state index in [4.69, 9.17) is 0 Å². The molecule has 2 heterocycles. The Morgan fingerprint density at radius 1 is 0.962 bits per heavy atom. The SMILES string of the molecule is C[C@]1(c2ccccc2)SC[C@@H](CN2CCC(Cc3ccccc3)CC2)S1. The van der Waals surface area contributed by atoms with Gasteiger partial charge in [-0.3, -0.25) is 0 Å². The first-order valence-corrected chi connectivity index (χ1v) is 11.7. The van der Waals surface area contributed by atoms with E-state index in [1.807, 2.05) is 0 Å². The minimum absolute atomic E-state index is 0.234. The van der Waals surface area contributed by atoms with Crippen molar-refractivity contribution in [3.05, 3.63) is 71.8 Å². The van der Waals surface area contributed by atoms with Crippen molar-refractivity contribution in [3.8, 4) is 0 Å². The fourth-order valence-electron chi connectivity index (χ4n) is 4.23. The first kappa shape index (κ1) is 18.5. The van der Waals surface area contributed by atoms with E-state index in [0.717, 1.165) is 11.2 Å². The quantitative estimate of drug-likeness (QED) is 0.655. The van der Waals surface area contributed by atoms with Gasteiger partial charge in [-0.2, -0.15) is 0 Å². The van der Waals surface area contributed by atoms with Crippen LogP contribution in [0.5, 0.6) is 0 Å². The maximum atomic E-state index is 2.72. The van der Waals surface area contributed by atoms with E-state index >= 15 is 0 Å². The molecule has 2 aliphatic rings. The number of rotatable bonds is 5. The lowest BCUT2D eigenvalue weighted by Crippen LogP contribution is -2.38. The van der Waals surface area contributed by atoms with Crippen LogP contribution in [0.25, 0.3) is 0 Å². The van der Waals surface area contributed by atoms with Gasteiger partial charge >= 0.3 is 0 Å². The highest BCUT2D eigenvalue weighted by Gasteiger charge is 2.38. The third-order valence-electron chi connectivity index (χ3n) is 5.77. The number of piperidine rings is 1. The van der Waals surface area contributed by atoms with Crippen LogP contribution in [0, 0.1) is 5.92 Å². The Morgan fingerprint density at radius 2 is 1.62 bits per heavy atom. The Kier molecular flexibility index (Phi) is 5.97. The van der Waals surface area contributed by atoms with Gasteiger partial charge in [0, 0.05) is 17.5 Å². The standard InChI is InChI=1S/C23H29NS2/c1-23(21-10-6-3-7-11-21)25-18-22(26-23)17-24-14-12-20(13-15-24)16-19-8-4-2-5-9-19/h2-11,20,22H,12-18H2,1H3/t22-,23+/m1/s1. The first-order valence-electron chi connectivity index (χ1n) is 9.85. The second-order valence-corrected chi connectivity index (χ2v) is 11.2. The molecular weight excluding hydrogens is 354 g/mol. The number of benzene rings is 2. The highest BCUT2D eigenvalue weighted by molar-refractivity contribution is 8.20. The van der Waals surface area contributed by atoms with Gasteiger partial charge in [0.2, 0.25) is 0 Å². The molecule has 2 aromatic carbocycles. The summed E-state index contributed by atoms with van der Waals surface area (Å²) < 4.78 is 0.234. The number of thioether (sulfide) groups is 2. The fraction of sp³-hybridized carbons (Fsp3) is 0.478. The van der Waals surface area contributed by atoms with Crippen LogP contribution in [0.3, 0.4) is 0 Å². The number of hydrogen-bond donors (Lipinski definition) is 0. The summed E-state index contributed by atoms with van der Waals surface area (Å²) in [6, 6.07) is 22.1. The summed E-state index contributed by atoms with van der Waals surface area (Å²) in [7, 11) is 0. The molecule has 2 aromatic rings. The molecule has 0 N–H and O–H groups in total. The Labute approximate surface area is 166 Å². The Morgan fingerprint density at radius 3 is 2.31 bits per heavy atom. The van der Waals surface area contributed by atoms with Crippen molar-refractivity contribution in [1.29, 1.82) is 0 Å². The second-order valence-electron chi connectivity index (χ2n) is 7.80. The zero-order valence-electron chi connectivity index (χ0n) is 15.6. The highest BCUT2D eigenvalue weighted by atomic mass is 32.2. The normalized spacial score (nSPS) is 27.7. The lowest BCUT2D eigenvalue weighted by atomic mass is 9.90. The third-order valence-corrected chi connectivity index (χ3v) is 9.31. The largest absolute Gasteiger partial charge is 0.302 e. The predicted octanol–water partition coefficient (Wildman–Crippen LogP) is 5.66. The van der Waals surface area contributed by atoms with Crippen LogP contribution < -0.4 is 0 Å². The summed E-state index contributed by atoms with van der Waals surface area (Å²) in [6.45, 7) is 6.23. The highest BCUT2D eigenvalue weighted by Crippen LogP contribution is 2.54. The van der Waals surface area contributed by atoms with Gasteiger partial charge in [0.15, 0.2) is 0 Å². The molecule has 26 heavy (non-hydrogen) atoms. The minimum atomic E-state index is 0.234. The molecule has 2 fully saturated rings. The van der Waals surface area contributed by atoms with Crippen LogP contribution in [0.15, 0.2) is 60.7 Å². The zero-order valence-corrected chi connectivity index (χ0v) is 17.3. The molecule has 2 aliphatic heterocycles. The summed E-state index contributed by atoms with van der Waals surface area (Å²) in [5.41, 5.74) is 2.98. The van der Waals surface area contributed by atoms with Crippen molar-refractivity contribution in [2.75, 3.05) is 25.4 Å². The van der Waals surface area contributed by atoms with Gasteiger partial charge in [0.1, 0.15) is 0 Å². The maximum Gasteiger partial charge on any atom is 0.0836 e. The number of likely N-dealkylation sites (tertiary alicyclic amines) is 1. The summed E-state index contributed by atoms with van der Waals surface area (Å²) >= 11 is 4.32. The monoisotopic (exact) mass is 383 g/mol.